The van der Waals surface area contributed by atoms with E-state index in [9.17, 15) is 34.8 Å². The van der Waals surface area contributed by atoms with Crippen LogP contribution in [0.5, 0.6) is 0 Å². The second kappa shape index (κ2) is 24.7. The summed E-state index contributed by atoms with van der Waals surface area (Å²) in [5, 5.41) is 47.6. The fourth-order valence-corrected chi connectivity index (χ4v) is 10.3. The minimum absolute atomic E-state index is 0.0636. The number of ether oxygens (including phenoxy) is 9. The predicted molar refractivity (Wildman–Crippen MR) is 254 cm³/mol. The van der Waals surface area contributed by atoms with Gasteiger partial charge in [-0.25, -0.2) is 9.59 Å². The standard InChI is InChI=1S/C51H86N2O16/c1-17-38-51(12,60)42(54)32(6)53(15)26-28(2)24-49(10,59)44(30(4)40(31(5)45(56)66-38)67-39-25-50(11,61-16)43(55)33(7)64-39)69-48-41(37(52(13)14)23-29(3)63-48)68-47(58)35(9)65-46(57)34(8)62-27-36-21-19-18-20-22-36/h18-22,28-35,37-44,48,54-55,59-60H,17,23-27H2,1-16H3/t28-,29-,30+,31-,32-,33+,34-,35+,37+,38-,39+,40+,41-,42-,43+,44-,48+,49-,50-,51-/m1/s1. The van der Waals surface area contributed by atoms with Gasteiger partial charge in [-0.15, -0.1) is 0 Å². The van der Waals surface area contributed by atoms with Crippen LogP contribution in [-0.4, -0.2) is 185 Å². The number of methoxy groups -OCH3 is 1. The number of aliphatic hydroxyl groups is 4. The maximum absolute atomic E-state index is 14.5. The maximum Gasteiger partial charge on any atom is 0.347 e. The van der Waals surface area contributed by atoms with Crippen molar-refractivity contribution in [3.8, 4) is 0 Å². The molecule has 20 atom stereocenters. The first-order valence-electron chi connectivity index (χ1n) is 24.7. The van der Waals surface area contributed by atoms with Crippen molar-refractivity contribution in [3.05, 3.63) is 35.9 Å². The third-order valence-corrected chi connectivity index (χ3v) is 14.7. The molecule has 0 amide bonds. The van der Waals surface area contributed by atoms with Gasteiger partial charge in [-0.1, -0.05) is 51.1 Å². The van der Waals surface area contributed by atoms with Crippen LogP contribution < -0.4 is 0 Å². The van der Waals surface area contributed by atoms with Crippen LogP contribution >= 0.6 is 0 Å². The second-order valence-electron chi connectivity index (χ2n) is 21.1. The average Bonchev–Trinajstić information content (AvgIpc) is 3.28. The third-order valence-electron chi connectivity index (χ3n) is 14.7. The number of benzene rings is 1. The number of hydrogen-bond acceptors (Lipinski definition) is 18. The van der Waals surface area contributed by atoms with Gasteiger partial charge in [-0.3, -0.25) is 4.79 Å². The summed E-state index contributed by atoms with van der Waals surface area (Å²) in [6, 6.07) is 8.25. The lowest BCUT2D eigenvalue weighted by Gasteiger charge is -2.49. The highest BCUT2D eigenvalue weighted by atomic mass is 16.7. The molecule has 3 heterocycles. The van der Waals surface area contributed by atoms with Crippen molar-refractivity contribution in [2.45, 2.75) is 218 Å². The van der Waals surface area contributed by atoms with Crippen molar-refractivity contribution in [1.82, 2.24) is 9.80 Å². The molecule has 0 radical (unpaired) electrons. The Morgan fingerprint density at radius 2 is 1.54 bits per heavy atom. The summed E-state index contributed by atoms with van der Waals surface area (Å²) >= 11 is 0. The molecule has 69 heavy (non-hydrogen) atoms. The lowest BCUT2D eigenvalue weighted by atomic mass is 9.77. The largest absolute Gasteiger partial charge is 0.459 e. The van der Waals surface area contributed by atoms with Gasteiger partial charge < -0.3 is 72.9 Å². The number of nitrogens with zero attached hydrogens (tertiary/aromatic N) is 2. The van der Waals surface area contributed by atoms with E-state index in [0.717, 1.165) is 5.56 Å². The van der Waals surface area contributed by atoms with E-state index < -0.39 is 132 Å². The monoisotopic (exact) mass is 983 g/mol. The van der Waals surface area contributed by atoms with E-state index in [1.54, 1.807) is 55.4 Å². The minimum Gasteiger partial charge on any atom is -0.459 e. The van der Waals surface area contributed by atoms with Crippen LogP contribution in [0.4, 0.5) is 0 Å². The molecular formula is C51H86N2O16. The summed E-state index contributed by atoms with van der Waals surface area (Å²) in [6.07, 6.45) is -12.0. The van der Waals surface area contributed by atoms with Gasteiger partial charge in [0.2, 0.25) is 0 Å². The zero-order chi connectivity index (χ0) is 51.9. The van der Waals surface area contributed by atoms with Crippen molar-refractivity contribution >= 4 is 17.9 Å². The Balaban J connectivity index is 1.77. The molecule has 18 nitrogen and oxygen atoms in total. The van der Waals surface area contributed by atoms with Crippen LogP contribution in [0.3, 0.4) is 0 Å². The number of carbonyl (C=O) groups excluding carboxylic acids is 3. The molecule has 18 heteroatoms. The first kappa shape index (κ1) is 58.7. The summed E-state index contributed by atoms with van der Waals surface area (Å²) in [5.74, 6) is -4.63. The first-order chi connectivity index (χ1) is 32.1. The topological polar surface area (TPSA) is 222 Å². The normalized spacial score (nSPS) is 41.0. The Morgan fingerprint density at radius 1 is 0.899 bits per heavy atom. The predicted octanol–water partition coefficient (Wildman–Crippen LogP) is 3.99. The van der Waals surface area contributed by atoms with Crippen molar-refractivity contribution < 1.29 is 77.4 Å². The van der Waals surface area contributed by atoms with E-state index in [2.05, 4.69) is 0 Å². The van der Waals surface area contributed by atoms with Crippen LogP contribution in [0.2, 0.25) is 0 Å². The zero-order valence-electron chi connectivity index (χ0n) is 44.0. The molecule has 0 spiro atoms. The number of likely N-dealkylation sites (N-methyl/N-ethyl adjacent to an activating group) is 2. The van der Waals surface area contributed by atoms with Gasteiger partial charge >= 0.3 is 17.9 Å². The van der Waals surface area contributed by atoms with Gasteiger partial charge in [-0.05, 0) is 114 Å². The van der Waals surface area contributed by atoms with Gasteiger partial charge in [0.05, 0.1) is 54.2 Å². The SMILES string of the molecule is CC[C@H]1OC(=O)[C@H](C)[C@@H](O[C@H]2C[C@@](C)(OC)[C@@H](O)[C@H](C)O2)[C@H](C)[C@@H](O[C@@H]2O[C@H](C)C[C@H](N(C)C)[C@H]2OC(=O)[C@H](C)OC(=O)[C@@H](C)OCc2ccccc2)[C@](C)(O)C[C@@H](C)CN(C)[C@H](C)[C@@H](O)[C@]1(C)O. The Labute approximate surface area is 410 Å². The number of hydrogen-bond donors (Lipinski definition) is 4. The Hall–Kier alpha value is -2.85. The molecule has 0 aromatic heterocycles. The number of cyclic esters (lactones) is 1. The molecule has 0 unspecified atom stereocenters. The van der Waals surface area contributed by atoms with Gasteiger partial charge in [0.1, 0.15) is 23.9 Å². The van der Waals surface area contributed by atoms with E-state index in [4.69, 9.17) is 42.6 Å². The minimum atomic E-state index is -1.87. The van der Waals surface area contributed by atoms with E-state index >= 15 is 0 Å². The zero-order valence-corrected chi connectivity index (χ0v) is 44.0. The molecule has 1 aromatic carbocycles. The van der Waals surface area contributed by atoms with E-state index in [-0.39, 0.29) is 31.8 Å². The highest BCUT2D eigenvalue weighted by Gasteiger charge is 2.53. The second-order valence-corrected chi connectivity index (χ2v) is 21.1. The molecule has 3 aliphatic rings. The van der Waals surface area contributed by atoms with Crippen LogP contribution in [-0.2, 0) is 63.6 Å². The summed E-state index contributed by atoms with van der Waals surface area (Å²) in [5.41, 5.74) is -3.82. The first-order valence-corrected chi connectivity index (χ1v) is 24.7. The summed E-state index contributed by atoms with van der Waals surface area (Å²) in [7, 11) is 6.97. The van der Waals surface area contributed by atoms with Gasteiger partial charge in [0, 0.05) is 32.0 Å². The molecule has 1 aromatic rings. The van der Waals surface area contributed by atoms with Gasteiger partial charge in [-0.2, -0.15) is 0 Å². The summed E-state index contributed by atoms with van der Waals surface area (Å²) < 4.78 is 56.0. The Bertz CT molecular complexity index is 1790. The van der Waals surface area contributed by atoms with Crippen molar-refractivity contribution in [2.24, 2.45) is 17.8 Å². The van der Waals surface area contributed by atoms with Crippen molar-refractivity contribution in [3.63, 3.8) is 0 Å². The van der Waals surface area contributed by atoms with Crippen LogP contribution in [0, 0.1) is 17.8 Å². The molecule has 3 fully saturated rings. The number of aliphatic hydroxyl groups excluding tert-OH is 2. The highest BCUT2D eigenvalue weighted by Crippen LogP contribution is 2.40. The molecule has 3 saturated heterocycles. The molecule has 4 N–H and O–H groups in total. The summed E-state index contributed by atoms with van der Waals surface area (Å²) in [4.78, 5) is 45.5. The number of rotatable bonds is 14. The van der Waals surface area contributed by atoms with Crippen LogP contribution in [0.1, 0.15) is 114 Å². The lowest BCUT2D eigenvalue weighted by Crippen LogP contribution is -2.61. The van der Waals surface area contributed by atoms with E-state index in [1.165, 1.54) is 21.0 Å². The lowest BCUT2D eigenvalue weighted by molar-refractivity contribution is -0.319. The highest BCUT2D eigenvalue weighted by molar-refractivity contribution is 5.81. The van der Waals surface area contributed by atoms with Crippen LogP contribution in [0.15, 0.2) is 30.3 Å². The van der Waals surface area contributed by atoms with Crippen molar-refractivity contribution in [2.75, 3.05) is 34.8 Å². The average molecular weight is 983 g/mol. The van der Waals surface area contributed by atoms with E-state index in [0.29, 0.717) is 13.0 Å². The fourth-order valence-electron chi connectivity index (χ4n) is 10.3. The third kappa shape index (κ3) is 14.7. The maximum atomic E-state index is 14.5. The fraction of sp³-hybridized carbons (Fsp3) is 0.824. The number of carbonyl (C=O) groups is 3. The molecule has 4 rings (SSSR count). The van der Waals surface area contributed by atoms with Crippen molar-refractivity contribution in [1.29, 1.82) is 0 Å². The molecule has 396 valence electrons. The molecular weight excluding hydrogens is 897 g/mol. The van der Waals surface area contributed by atoms with Crippen LogP contribution in [0.25, 0.3) is 0 Å². The van der Waals surface area contributed by atoms with E-state index in [1.807, 2.05) is 75.1 Å². The molecule has 3 aliphatic heterocycles. The molecule has 0 saturated carbocycles. The van der Waals surface area contributed by atoms with Gasteiger partial charge in [0.25, 0.3) is 0 Å². The molecule has 0 aliphatic carbocycles. The summed E-state index contributed by atoms with van der Waals surface area (Å²) in [6.45, 7) is 20.7. The number of esters is 3. The molecule has 0 bridgehead atoms. The Morgan fingerprint density at radius 3 is 2.13 bits per heavy atom. The smallest absolute Gasteiger partial charge is 0.347 e. The Kier molecular flexibility index (Phi) is 21.0. The quantitative estimate of drug-likeness (QED) is 0.153. The van der Waals surface area contributed by atoms with Gasteiger partial charge in [0.15, 0.2) is 30.9 Å².